The van der Waals surface area contributed by atoms with Crippen LogP contribution in [-0.2, 0) is 14.4 Å². The Morgan fingerprint density at radius 3 is 2.48 bits per heavy atom. The summed E-state index contributed by atoms with van der Waals surface area (Å²) in [6, 6.07) is 0. The molecule has 1 aliphatic rings. The molecule has 0 spiro atoms. The van der Waals surface area contributed by atoms with Gasteiger partial charge in [-0.15, -0.1) is 0 Å². The molecule has 2 amide bonds. The fraction of sp³-hybridized carbons (Fsp3) is 0.786. The molecule has 0 aromatic heterocycles. The van der Waals surface area contributed by atoms with Gasteiger partial charge in [-0.05, 0) is 5.92 Å². The Morgan fingerprint density at radius 2 is 2.00 bits per heavy atom. The molecule has 9 heteroatoms. The fourth-order valence-electron chi connectivity index (χ4n) is 2.53. The first-order valence-corrected chi connectivity index (χ1v) is 7.34. The van der Waals surface area contributed by atoms with E-state index in [1.54, 1.807) is 0 Å². The lowest BCUT2D eigenvalue weighted by Gasteiger charge is -2.27. The number of carbonyl (C=O) groups is 3. The van der Waals surface area contributed by atoms with Gasteiger partial charge in [0.05, 0.1) is 12.3 Å². The molecule has 1 aliphatic heterocycles. The highest BCUT2D eigenvalue weighted by Crippen LogP contribution is 2.25. The maximum atomic E-state index is 12.4. The lowest BCUT2D eigenvalue weighted by atomic mass is 10.1. The third-order valence-corrected chi connectivity index (χ3v) is 3.43. The lowest BCUT2D eigenvalue weighted by Crippen LogP contribution is -2.41. The molecule has 1 atom stereocenters. The summed E-state index contributed by atoms with van der Waals surface area (Å²) < 4.78 is 37.2. The summed E-state index contributed by atoms with van der Waals surface area (Å²) in [5.41, 5.74) is 0. The molecular weight excluding hydrogens is 317 g/mol. The van der Waals surface area contributed by atoms with Crippen molar-refractivity contribution >= 4 is 17.8 Å². The number of hydrogen-bond donors (Lipinski definition) is 1. The van der Waals surface area contributed by atoms with Crippen LogP contribution in [0.1, 0.15) is 26.7 Å². The van der Waals surface area contributed by atoms with E-state index in [1.165, 1.54) is 4.90 Å². The van der Waals surface area contributed by atoms with Crippen LogP contribution in [0, 0.1) is 11.8 Å². The van der Waals surface area contributed by atoms with Gasteiger partial charge in [0.2, 0.25) is 11.8 Å². The van der Waals surface area contributed by atoms with E-state index in [-0.39, 0.29) is 31.8 Å². The van der Waals surface area contributed by atoms with Gasteiger partial charge in [-0.2, -0.15) is 13.2 Å². The van der Waals surface area contributed by atoms with Gasteiger partial charge in [-0.1, -0.05) is 13.8 Å². The summed E-state index contributed by atoms with van der Waals surface area (Å²) in [7, 11) is 0. The number of alkyl halides is 3. The first-order valence-electron chi connectivity index (χ1n) is 7.34. The van der Waals surface area contributed by atoms with Gasteiger partial charge in [0.25, 0.3) is 0 Å². The first kappa shape index (κ1) is 19.2. The van der Waals surface area contributed by atoms with Crippen molar-refractivity contribution in [3.63, 3.8) is 0 Å². The molecule has 0 aromatic carbocycles. The lowest BCUT2D eigenvalue weighted by molar-refractivity contribution is -0.157. The van der Waals surface area contributed by atoms with E-state index in [1.807, 2.05) is 13.8 Å². The van der Waals surface area contributed by atoms with Crippen LogP contribution in [-0.4, -0.2) is 65.0 Å². The fourth-order valence-corrected chi connectivity index (χ4v) is 2.53. The smallest absolute Gasteiger partial charge is 0.406 e. The molecule has 6 nitrogen and oxygen atoms in total. The highest BCUT2D eigenvalue weighted by molar-refractivity contribution is 5.89. The summed E-state index contributed by atoms with van der Waals surface area (Å²) in [5, 5.41) is 8.73. The number of aliphatic carboxylic acids is 1. The van der Waals surface area contributed by atoms with Gasteiger partial charge in [-0.3, -0.25) is 14.4 Å². The maximum Gasteiger partial charge on any atom is 0.406 e. The summed E-state index contributed by atoms with van der Waals surface area (Å²) in [6.07, 6.45) is -5.02. The molecule has 132 valence electrons. The third kappa shape index (κ3) is 6.45. The molecule has 0 bridgehead atoms. The number of carboxylic acids is 1. The number of amides is 2. The summed E-state index contributed by atoms with van der Waals surface area (Å²) in [4.78, 5) is 36.7. The minimum Gasteiger partial charge on any atom is -0.481 e. The molecule has 1 unspecified atom stereocenters. The zero-order valence-electron chi connectivity index (χ0n) is 13.1. The van der Waals surface area contributed by atoms with E-state index in [9.17, 15) is 27.6 Å². The SMILES string of the molecule is CC(C)CN(CCC(=O)O)C(=O)C1CC(=O)N(CC(F)(F)F)C1. The van der Waals surface area contributed by atoms with Crippen LogP contribution >= 0.6 is 0 Å². The topological polar surface area (TPSA) is 77.9 Å². The van der Waals surface area contributed by atoms with Crippen molar-refractivity contribution in [2.24, 2.45) is 11.8 Å². The quantitative estimate of drug-likeness (QED) is 0.760. The van der Waals surface area contributed by atoms with Crippen molar-refractivity contribution < 1.29 is 32.7 Å². The number of rotatable bonds is 7. The number of likely N-dealkylation sites (tertiary alicyclic amines) is 1. The molecule has 1 rings (SSSR count). The Labute approximate surface area is 132 Å². The second kappa shape index (κ2) is 7.65. The predicted molar refractivity (Wildman–Crippen MR) is 74.4 cm³/mol. The maximum absolute atomic E-state index is 12.4. The van der Waals surface area contributed by atoms with E-state index in [2.05, 4.69) is 0 Å². The van der Waals surface area contributed by atoms with Crippen LogP contribution in [0.4, 0.5) is 13.2 Å². The molecule has 0 radical (unpaired) electrons. The van der Waals surface area contributed by atoms with Gasteiger partial charge < -0.3 is 14.9 Å². The second-order valence-electron chi connectivity index (χ2n) is 6.11. The minimum atomic E-state index is -4.51. The molecule has 1 saturated heterocycles. The van der Waals surface area contributed by atoms with Crippen LogP contribution in [0.3, 0.4) is 0 Å². The standard InChI is InChI=1S/C14H21F3N2O4/c1-9(2)6-18(4-3-12(21)22)13(23)10-5-11(20)19(7-10)8-14(15,16)17/h9-10H,3-8H2,1-2H3,(H,21,22). The Morgan fingerprint density at radius 1 is 1.39 bits per heavy atom. The van der Waals surface area contributed by atoms with Crippen molar-refractivity contribution in [3.05, 3.63) is 0 Å². The van der Waals surface area contributed by atoms with E-state index in [4.69, 9.17) is 5.11 Å². The van der Waals surface area contributed by atoms with E-state index in [0.717, 1.165) is 0 Å². The van der Waals surface area contributed by atoms with Gasteiger partial charge >= 0.3 is 12.1 Å². The minimum absolute atomic E-state index is 0.0176. The highest BCUT2D eigenvalue weighted by Gasteiger charge is 2.41. The average Bonchev–Trinajstić information content (AvgIpc) is 2.72. The number of halogens is 3. The van der Waals surface area contributed by atoms with Crippen LogP contribution in [0.15, 0.2) is 0 Å². The zero-order valence-corrected chi connectivity index (χ0v) is 13.1. The van der Waals surface area contributed by atoms with Crippen molar-refractivity contribution in [2.45, 2.75) is 32.9 Å². The molecule has 1 heterocycles. The number of nitrogens with zero attached hydrogens (tertiary/aromatic N) is 2. The summed E-state index contributed by atoms with van der Waals surface area (Å²) >= 11 is 0. The van der Waals surface area contributed by atoms with E-state index >= 15 is 0 Å². The molecular formula is C14H21F3N2O4. The molecule has 23 heavy (non-hydrogen) atoms. The van der Waals surface area contributed by atoms with E-state index < -0.39 is 36.4 Å². The van der Waals surface area contributed by atoms with Crippen molar-refractivity contribution in [2.75, 3.05) is 26.2 Å². The van der Waals surface area contributed by atoms with Crippen molar-refractivity contribution in [1.82, 2.24) is 9.80 Å². The highest BCUT2D eigenvalue weighted by atomic mass is 19.4. The number of carboxylic acid groups (broad SMARTS) is 1. The summed E-state index contributed by atoms with van der Waals surface area (Å²) in [5.74, 6) is -3.00. The van der Waals surface area contributed by atoms with Gasteiger partial charge in [0, 0.05) is 26.1 Å². The van der Waals surface area contributed by atoms with Crippen LogP contribution in [0.2, 0.25) is 0 Å². The molecule has 0 saturated carbocycles. The Hall–Kier alpha value is -1.80. The molecule has 1 N–H and O–H groups in total. The van der Waals surface area contributed by atoms with Crippen LogP contribution < -0.4 is 0 Å². The Bertz CT molecular complexity index is 465. The monoisotopic (exact) mass is 338 g/mol. The molecule has 1 fully saturated rings. The van der Waals surface area contributed by atoms with Gasteiger partial charge in [-0.25, -0.2) is 0 Å². The van der Waals surface area contributed by atoms with Gasteiger partial charge in [0.1, 0.15) is 6.54 Å². The van der Waals surface area contributed by atoms with Crippen molar-refractivity contribution in [1.29, 1.82) is 0 Å². The van der Waals surface area contributed by atoms with E-state index in [0.29, 0.717) is 11.4 Å². The Balaban J connectivity index is 2.72. The largest absolute Gasteiger partial charge is 0.481 e. The van der Waals surface area contributed by atoms with Crippen molar-refractivity contribution in [3.8, 4) is 0 Å². The third-order valence-electron chi connectivity index (χ3n) is 3.43. The average molecular weight is 338 g/mol. The second-order valence-corrected chi connectivity index (χ2v) is 6.11. The van der Waals surface area contributed by atoms with Gasteiger partial charge in [0.15, 0.2) is 0 Å². The summed E-state index contributed by atoms with van der Waals surface area (Å²) in [6.45, 7) is 2.33. The number of carbonyl (C=O) groups excluding carboxylic acids is 2. The normalized spacial score (nSPS) is 18.6. The van der Waals surface area contributed by atoms with Crippen LogP contribution in [0.5, 0.6) is 0 Å². The molecule has 0 aliphatic carbocycles. The Kier molecular flexibility index (Phi) is 6.40. The predicted octanol–water partition coefficient (Wildman–Crippen LogP) is 1.36. The first-order chi connectivity index (χ1) is 10.5. The molecule has 0 aromatic rings. The zero-order chi connectivity index (χ0) is 17.8. The van der Waals surface area contributed by atoms with Crippen LogP contribution in [0.25, 0.3) is 0 Å². The number of hydrogen-bond acceptors (Lipinski definition) is 3.